The molecule has 2 aromatic rings. The predicted octanol–water partition coefficient (Wildman–Crippen LogP) is 6.72. The van der Waals surface area contributed by atoms with E-state index >= 15 is 0 Å². The summed E-state index contributed by atoms with van der Waals surface area (Å²) >= 11 is 12.5. The number of hydrogen-bond donors (Lipinski definition) is 0. The van der Waals surface area contributed by atoms with E-state index in [1.165, 1.54) is 7.11 Å². The number of aryl methyl sites for hydroxylation is 1. The van der Waals surface area contributed by atoms with Crippen molar-refractivity contribution in [1.29, 1.82) is 0 Å². The van der Waals surface area contributed by atoms with Crippen molar-refractivity contribution in [2.75, 3.05) is 7.11 Å². The van der Waals surface area contributed by atoms with E-state index in [0.29, 0.717) is 21.4 Å². The third-order valence-electron chi connectivity index (χ3n) is 6.03. The lowest BCUT2D eigenvalue weighted by Crippen LogP contribution is -2.24. The van der Waals surface area contributed by atoms with Gasteiger partial charge in [-0.1, -0.05) is 48.3 Å². The molecule has 2 aromatic carbocycles. The number of carbonyl (C=O) groups is 2. The number of carbonyl (C=O) groups excluding carboxylic acids is 2. The van der Waals surface area contributed by atoms with E-state index in [-0.39, 0.29) is 17.6 Å². The maximum absolute atomic E-state index is 13.4. The summed E-state index contributed by atoms with van der Waals surface area (Å²) in [7, 11) is 1.27. The standard InChI is InChI=1S/C24H22Cl2O4/c1-3-13-4-5-14(18-9-8-17(25)12-20(18)26)11-19(13)21-22(27)15-6-7-16(10-15)23(21)30-24(28)29-2/h4-5,8-9,11-12,15-16H,3,6-7,10H2,1-2H3/t15-,16-/m1/s1. The molecular weight excluding hydrogens is 423 g/mol. The van der Waals surface area contributed by atoms with Gasteiger partial charge >= 0.3 is 6.16 Å². The number of Topliss-reactive ketones (excluding diaryl/α,β-unsaturated/α-hetero) is 1. The zero-order valence-electron chi connectivity index (χ0n) is 16.8. The van der Waals surface area contributed by atoms with Gasteiger partial charge < -0.3 is 9.47 Å². The van der Waals surface area contributed by atoms with Gasteiger partial charge in [0.15, 0.2) is 5.78 Å². The second-order valence-electron chi connectivity index (χ2n) is 7.72. The van der Waals surface area contributed by atoms with Gasteiger partial charge in [0.1, 0.15) is 5.76 Å². The number of rotatable bonds is 4. The molecular formula is C24H22Cl2O4. The van der Waals surface area contributed by atoms with Crippen LogP contribution < -0.4 is 0 Å². The summed E-state index contributed by atoms with van der Waals surface area (Å²) in [5.41, 5.74) is 4.01. The molecule has 30 heavy (non-hydrogen) atoms. The molecule has 1 fully saturated rings. The molecule has 0 N–H and O–H groups in total. The Kier molecular flexibility index (Phi) is 5.90. The molecule has 0 amide bonds. The molecule has 2 atom stereocenters. The van der Waals surface area contributed by atoms with Crippen LogP contribution in [0.3, 0.4) is 0 Å². The molecule has 0 radical (unpaired) electrons. The Labute approximate surface area is 185 Å². The molecule has 2 aliphatic carbocycles. The van der Waals surface area contributed by atoms with Gasteiger partial charge in [-0.05, 0) is 60.6 Å². The fraction of sp³-hybridized carbons (Fsp3) is 0.333. The van der Waals surface area contributed by atoms with Crippen LogP contribution in [0.15, 0.2) is 42.2 Å². The highest BCUT2D eigenvalue weighted by molar-refractivity contribution is 6.36. The number of fused-ring (bicyclic) bond motifs is 2. The van der Waals surface area contributed by atoms with Gasteiger partial charge in [0.2, 0.25) is 0 Å². The van der Waals surface area contributed by atoms with Gasteiger partial charge in [-0.2, -0.15) is 0 Å². The predicted molar refractivity (Wildman–Crippen MR) is 118 cm³/mol. The van der Waals surface area contributed by atoms with Crippen LogP contribution in [0.2, 0.25) is 10.0 Å². The summed E-state index contributed by atoms with van der Waals surface area (Å²) in [5, 5.41) is 1.09. The number of methoxy groups -OCH3 is 1. The molecule has 1 saturated carbocycles. The molecule has 0 aromatic heterocycles. The zero-order valence-corrected chi connectivity index (χ0v) is 18.3. The Balaban J connectivity index is 1.90. The Morgan fingerprint density at radius 2 is 1.83 bits per heavy atom. The van der Waals surface area contributed by atoms with Crippen molar-refractivity contribution in [3.05, 3.63) is 63.3 Å². The van der Waals surface area contributed by atoms with E-state index < -0.39 is 6.16 Å². The van der Waals surface area contributed by atoms with Gasteiger partial charge in [-0.15, -0.1) is 0 Å². The quantitative estimate of drug-likeness (QED) is 0.491. The van der Waals surface area contributed by atoms with Crippen molar-refractivity contribution in [1.82, 2.24) is 0 Å². The van der Waals surface area contributed by atoms with Gasteiger partial charge in [-0.25, -0.2) is 4.79 Å². The van der Waals surface area contributed by atoms with Crippen molar-refractivity contribution in [2.24, 2.45) is 11.8 Å². The van der Waals surface area contributed by atoms with E-state index in [2.05, 4.69) is 0 Å². The highest BCUT2D eigenvalue weighted by Gasteiger charge is 2.43. The van der Waals surface area contributed by atoms with E-state index in [1.54, 1.807) is 12.1 Å². The SMILES string of the molecule is CCc1ccc(-c2ccc(Cl)cc2Cl)cc1C1=C(OC(=O)OC)[C@@H]2CC[C@H](C2)C1=O. The molecule has 156 valence electrons. The Bertz CT molecular complexity index is 1060. The van der Waals surface area contributed by atoms with Crippen LogP contribution in [0.1, 0.15) is 37.3 Å². The van der Waals surface area contributed by atoms with Crippen molar-refractivity contribution in [3.63, 3.8) is 0 Å². The van der Waals surface area contributed by atoms with Crippen molar-refractivity contribution >= 4 is 40.7 Å². The van der Waals surface area contributed by atoms with Crippen LogP contribution in [-0.4, -0.2) is 19.0 Å². The summed E-state index contributed by atoms with van der Waals surface area (Å²) in [5.74, 6) is 0.503. The summed E-state index contributed by atoms with van der Waals surface area (Å²) in [6, 6.07) is 11.3. The maximum atomic E-state index is 13.4. The average Bonchev–Trinajstić information content (AvgIpc) is 3.18. The monoisotopic (exact) mass is 444 g/mol. The Morgan fingerprint density at radius 3 is 2.53 bits per heavy atom. The summed E-state index contributed by atoms with van der Waals surface area (Å²) in [6.07, 6.45) is 2.30. The smallest absolute Gasteiger partial charge is 0.437 e. The second-order valence-corrected chi connectivity index (χ2v) is 8.56. The van der Waals surface area contributed by atoms with Crippen molar-refractivity contribution in [2.45, 2.75) is 32.6 Å². The summed E-state index contributed by atoms with van der Waals surface area (Å²) in [6.45, 7) is 2.04. The van der Waals surface area contributed by atoms with E-state index in [4.69, 9.17) is 32.7 Å². The molecule has 0 aliphatic heterocycles. The van der Waals surface area contributed by atoms with E-state index in [0.717, 1.165) is 47.9 Å². The van der Waals surface area contributed by atoms with Crippen molar-refractivity contribution in [3.8, 4) is 11.1 Å². The van der Waals surface area contributed by atoms with Gasteiger partial charge in [0.25, 0.3) is 0 Å². The minimum absolute atomic E-state index is 0.0255. The molecule has 4 rings (SSSR count). The lowest BCUT2D eigenvalue weighted by atomic mass is 9.81. The highest BCUT2D eigenvalue weighted by atomic mass is 35.5. The first-order valence-electron chi connectivity index (χ1n) is 10.1. The van der Waals surface area contributed by atoms with Gasteiger partial charge in [0.05, 0.1) is 12.7 Å². The lowest BCUT2D eigenvalue weighted by Gasteiger charge is -2.26. The minimum atomic E-state index is -0.796. The van der Waals surface area contributed by atoms with Crippen LogP contribution in [0.5, 0.6) is 0 Å². The van der Waals surface area contributed by atoms with Crippen LogP contribution in [0.4, 0.5) is 4.79 Å². The third kappa shape index (κ3) is 3.75. The first kappa shape index (κ1) is 21.0. The minimum Gasteiger partial charge on any atom is -0.437 e. The topological polar surface area (TPSA) is 52.6 Å². The number of ketones is 1. The Hall–Kier alpha value is -2.30. The van der Waals surface area contributed by atoms with Crippen LogP contribution in [0, 0.1) is 11.8 Å². The lowest BCUT2D eigenvalue weighted by molar-refractivity contribution is -0.117. The second kappa shape index (κ2) is 8.44. The van der Waals surface area contributed by atoms with Gasteiger partial charge in [-0.3, -0.25) is 4.79 Å². The number of benzene rings is 2. The fourth-order valence-corrected chi connectivity index (χ4v) is 5.04. The number of ether oxygens (including phenoxy) is 2. The normalized spacial score (nSPS) is 20.5. The number of allylic oxidation sites excluding steroid dienone is 2. The van der Waals surface area contributed by atoms with Crippen LogP contribution >= 0.6 is 23.2 Å². The molecule has 2 aliphatic rings. The first-order valence-corrected chi connectivity index (χ1v) is 10.8. The largest absolute Gasteiger partial charge is 0.513 e. The van der Waals surface area contributed by atoms with Gasteiger partial charge in [0, 0.05) is 27.4 Å². The molecule has 0 heterocycles. The molecule has 0 unspecified atom stereocenters. The fourth-order valence-electron chi connectivity index (χ4n) is 4.53. The Morgan fingerprint density at radius 1 is 1.07 bits per heavy atom. The van der Waals surface area contributed by atoms with E-state index in [9.17, 15) is 9.59 Å². The molecule has 0 spiro atoms. The molecule has 4 nitrogen and oxygen atoms in total. The zero-order chi connectivity index (χ0) is 21.4. The summed E-state index contributed by atoms with van der Waals surface area (Å²) in [4.78, 5) is 25.3. The number of halogens is 2. The highest BCUT2D eigenvalue weighted by Crippen LogP contribution is 2.48. The van der Waals surface area contributed by atoms with Crippen LogP contribution in [-0.2, 0) is 20.7 Å². The summed E-state index contributed by atoms with van der Waals surface area (Å²) < 4.78 is 10.3. The first-order chi connectivity index (χ1) is 14.4. The maximum Gasteiger partial charge on any atom is 0.513 e. The van der Waals surface area contributed by atoms with Crippen molar-refractivity contribution < 1.29 is 19.1 Å². The van der Waals surface area contributed by atoms with Crippen LogP contribution in [0.25, 0.3) is 16.7 Å². The molecule has 2 bridgehead atoms. The third-order valence-corrected chi connectivity index (χ3v) is 6.58. The molecule has 6 heteroatoms. The average molecular weight is 445 g/mol. The molecule has 0 saturated heterocycles. The number of hydrogen-bond acceptors (Lipinski definition) is 4. The van der Waals surface area contributed by atoms with E-state index in [1.807, 2.05) is 31.2 Å².